The molecule has 2 rings (SSSR count). The second kappa shape index (κ2) is 5.25. The topological polar surface area (TPSA) is 56.2 Å². The fraction of sp³-hybridized carbons (Fsp3) is 0.400. The van der Waals surface area contributed by atoms with Crippen LogP contribution in [0.4, 0.5) is 0 Å². The maximum atomic E-state index is 11.0. The van der Waals surface area contributed by atoms with E-state index in [1.807, 2.05) is 6.07 Å². The summed E-state index contributed by atoms with van der Waals surface area (Å²) in [5.41, 5.74) is 8.26. The van der Waals surface area contributed by atoms with Gasteiger partial charge in [0.2, 0.25) is 5.91 Å². The number of carbonyl (C=O) groups is 1. The molecule has 2 N–H and O–H groups in total. The Kier molecular flexibility index (Phi) is 3.70. The second-order valence-corrected chi connectivity index (χ2v) is 5.00. The molecule has 3 heteroatoms. The molecule has 0 radical (unpaired) electrons. The summed E-state index contributed by atoms with van der Waals surface area (Å²) in [6.07, 6.45) is 7.95. The summed E-state index contributed by atoms with van der Waals surface area (Å²) in [5, 5.41) is 0. The number of hydrogen-bond acceptors (Lipinski definition) is 2. The highest BCUT2D eigenvalue weighted by Crippen LogP contribution is 2.35. The highest BCUT2D eigenvalue weighted by molar-refractivity contribution is 5.95. The van der Waals surface area contributed by atoms with Crippen LogP contribution in [-0.4, -0.2) is 5.91 Å². The number of hydrogen-bond donors (Lipinski definition) is 1. The average Bonchev–Trinajstić information content (AvgIpc) is 2.78. The van der Waals surface area contributed by atoms with Crippen LogP contribution in [-0.2, 0) is 4.79 Å². The van der Waals surface area contributed by atoms with Crippen LogP contribution in [0.1, 0.15) is 49.8 Å². The van der Waals surface area contributed by atoms with Crippen molar-refractivity contribution < 1.29 is 9.21 Å². The molecule has 1 aliphatic rings. The largest absolute Gasteiger partial charge is 0.465 e. The molecule has 0 saturated heterocycles. The highest BCUT2D eigenvalue weighted by Gasteiger charge is 2.19. The summed E-state index contributed by atoms with van der Waals surface area (Å²) in [4.78, 5) is 11.0. The van der Waals surface area contributed by atoms with Crippen LogP contribution in [0.3, 0.4) is 0 Å². The van der Waals surface area contributed by atoms with Crippen LogP contribution in [0.15, 0.2) is 34.5 Å². The maximum absolute atomic E-state index is 11.0. The lowest BCUT2D eigenvalue weighted by molar-refractivity contribution is -0.114. The van der Waals surface area contributed by atoms with Gasteiger partial charge < -0.3 is 10.2 Å². The second-order valence-electron chi connectivity index (χ2n) is 5.00. The predicted octanol–water partition coefficient (Wildman–Crippen LogP) is 3.38. The zero-order valence-electron chi connectivity index (χ0n) is 10.7. The van der Waals surface area contributed by atoms with E-state index in [9.17, 15) is 4.79 Å². The van der Waals surface area contributed by atoms with Crippen LogP contribution < -0.4 is 5.73 Å². The normalized spacial score (nSPS) is 18.1. The van der Waals surface area contributed by atoms with E-state index < -0.39 is 5.91 Å². The molecule has 0 aliphatic heterocycles. The van der Waals surface area contributed by atoms with Gasteiger partial charge in [-0.25, -0.2) is 0 Å². The van der Waals surface area contributed by atoms with Crippen LogP contribution in [0.5, 0.6) is 0 Å². The fourth-order valence-corrected chi connectivity index (χ4v) is 2.30. The Morgan fingerprint density at radius 1 is 1.50 bits per heavy atom. The maximum Gasteiger partial charge on any atom is 0.244 e. The molecule has 1 aromatic rings. The average molecular weight is 245 g/mol. The van der Waals surface area contributed by atoms with Crippen molar-refractivity contribution in [3.8, 4) is 0 Å². The van der Waals surface area contributed by atoms with Gasteiger partial charge in [0.1, 0.15) is 5.76 Å². The molecule has 96 valence electrons. The molecule has 0 bridgehead atoms. The van der Waals surface area contributed by atoms with Crippen molar-refractivity contribution in [2.24, 2.45) is 5.73 Å². The van der Waals surface area contributed by atoms with E-state index in [2.05, 4.69) is 6.58 Å². The van der Waals surface area contributed by atoms with Crippen molar-refractivity contribution in [1.29, 1.82) is 0 Å². The van der Waals surface area contributed by atoms with Gasteiger partial charge in [0.15, 0.2) is 0 Å². The predicted molar refractivity (Wildman–Crippen MR) is 71.9 cm³/mol. The minimum atomic E-state index is -0.415. The number of furan rings is 1. The number of nitrogens with two attached hydrogens (primary N) is 1. The van der Waals surface area contributed by atoms with Crippen molar-refractivity contribution in [2.45, 2.75) is 38.5 Å². The van der Waals surface area contributed by atoms with Crippen molar-refractivity contribution in [3.05, 3.63) is 41.4 Å². The zero-order chi connectivity index (χ0) is 13.1. The molecule has 0 atom stereocenters. The first kappa shape index (κ1) is 12.7. The highest BCUT2D eigenvalue weighted by atomic mass is 16.3. The molecule has 1 saturated carbocycles. The van der Waals surface area contributed by atoms with E-state index in [1.54, 1.807) is 19.3 Å². The minimum Gasteiger partial charge on any atom is -0.465 e. The number of amides is 1. The van der Waals surface area contributed by atoms with E-state index in [1.165, 1.54) is 11.1 Å². The molecule has 0 spiro atoms. The van der Waals surface area contributed by atoms with Crippen LogP contribution in [0.2, 0.25) is 0 Å². The number of primary amides is 1. The Hall–Kier alpha value is -1.77. The molecule has 1 aliphatic carbocycles. The number of carbonyl (C=O) groups excluding carboxylic acids is 1. The lowest BCUT2D eigenvalue weighted by Gasteiger charge is -2.21. The molecule has 18 heavy (non-hydrogen) atoms. The number of rotatable bonds is 3. The molecule has 1 heterocycles. The SMILES string of the molecule is C=C1CCC(c2coc(/C=C(\C)C(N)=O)c2)CC1. The van der Waals surface area contributed by atoms with Crippen molar-refractivity contribution >= 4 is 12.0 Å². The molecule has 0 unspecified atom stereocenters. The van der Waals surface area contributed by atoms with Gasteiger partial charge in [-0.05, 0) is 56.2 Å². The minimum absolute atomic E-state index is 0.415. The first-order chi connectivity index (χ1) is 8.56. The smallest absolute Gasteiger partial charge is 0.244 e. The third-order valence-corrected chi connectivity index (χ3v) is 3.55. The Balaban J connectivity index is 2.08. The lowest BCUT2D eigenvalue weighted by atomic mass is 9.83. The third-order valence-electron chi connectivity index (χ3n) is 3.55. The van der Waals surface area contributed by atoms with Gasteiger partial charge in [0.25, 0.3) is 0 Å². The quantitative estimate of drug-likeness (QED) is 0.655. The molecule has 1 aromatic heterocycles. The van der Waals surface area contributed by atoms with E-state index in [0.29, 0.717) is 17.3 Å². The van der Waals surface area contributed by atoms with Crippen LogP contribution in [0.25, 0.3) is 6.08 Å². The first-order valence-electron chi connectivity index (χ1n) is 6.29. The zero-order valence-corrected chi connectivity index (χ0v) is 10.7. The summed E-state index contributed by atoms with van der Waals surface area (Å²) in [6.45, 7) is 5.71. The molecule has 1 fully saturated rings. The monoisotopic (exact) mass is 245 g/mol. The summed E-state index contributed by atoms with van der Waals surface area (Å²) >= 11 is 0. The van der Waals surface area contributed by atoms with Gasteiger partial charge in [-0.1, -0.05) is 12.2 Å². The number of allylic oxidation sites excluding steroid dienone is 1. The molecular weight excluding hydrogens is 226 g/mol. The summed E-state index contributed by atoms with van der Waals surface area (Å²) in [5.74, 6) is 0.836. The standard InChI is InChI=1S/C15H19NO2/c1-10-3-5-12(6-4-10)13-8-14(18-9-13)7-11(2)15(16)17/h7-9,12H,1,3-6H2,2H3,(H2,16,17)/b11-7+. The van der Waals surface area contributed by atoms with Crippen LogP contribution >= 0.6 is 0 Å². The van der Waals surface area contributed by atoms with Gasteiger partial charge in [-0.2, -0.15) is 0 Å². The lowest BCUT2D eigenvalue weighted by Crippen LogP contribution is -2.11. The van der Waals surface area contributed by atoms with Crippen LogP contribution in [0, 0.1) is 0 Å². The summed E-state index contributed by atoms with van der Waals surface area (Å²) in [7, 11) is 0. The third kappa shape index (κ3) is 2.92. The van der Waals surface area contributed by atoms with Crippen molar-refractivity contribution in [2.75, 3.05) is 0 Å². The van der Waals surface area contributed by atoms with E-state index in [4.69, 9.17) is 10.2 Å². The van der Waals surface area contributed by atoms with E-state index in [0.717, 1.165) is 25.7 Å². The Morgan fingerprint density at radius 2 is 2.17 bits per heavy atom. The van der Waals surface area contributed by atoms with Gasteiger partial charge >= 0.3 is 0 Å². The molecule has 0 aromatic carbocycles. The van der Waals surface area contributed by atoms with Crippen molar-refractivity contribution in [1.82, 2.24) is 0 Å². The summed E-state index contributed by atoms with van der Waals surface area (Å²) in [6, 6.07) is 2.01. The van der Waals surface area contributed by atoms with Gasteiger partial charge in [-0.3, -0.25) is 4.79 Å². The first-order valence-corrected chi connectivity index (χ1v) is 6.29. The Morgan fingerprint density at radius 3 is 2.78 bits per heavy atom. The van der Waals surface area contributed by atoms with Gasteiger partial charge in [0, 0.05) is 5.57 Å². The molecule has 3 nitrogen and oxygen atoms in total. The molecule has 1 amide bonds. The Labute approximate surface area is 107 Å². The Bertz CT molecular complexity index is 486. The fourth-order valence-electron chi connectivity index (χ4n) is 2.30. The molecular formula is C15H19NO2. The summed E-state index contributed by atoms with van der Waals surface area (Å²) < 4.78 is 5.46. The van der Waals surface area contributed by atoms with Gasteiger partial charge in [-0.15, -0.1) is 0 Å². The van der Waals surface area contributed by atoms with E-state index >= 15 is 0 Å². The van der Waals surface area contributed by atoms with Gasteiger partial charge in [0.05, 0.1) is 6.26 Å². The van der Waals surface area contributed by atoms with Crippen molar-refractivity contribution in [3.63, 3.8) is 0 Å². The van der Waals surface area contributed by atoms with E-state index in [-0.39, 0.29) is 0 Å².